The van der Waals surface area contributed by atoms with Crippen LogP contribution in [0.15, 0.2) is 71.6 Å². The number of hydrogen-bond acceptors (Lipinski definition) is 5. The lowest BCUT2D eigenvalue weighted by Gasteiger charge is -2.33. The molecule has 1 fully saturated rings. The highest BCUT2D eigenvalue weighted by Gasteiger charge is 2.27. The van der Waals surface area contributed by atoms with Gasteiger partial charge in [-0.2, -0.15) is 9.61 Å². The van der Waals surface area contributed by atoms with Crippen LogP contribution in [0.5, 0.6) is 0 Å². The second-order valence-electron chi connectivity index (χ2n) is 8.35. The van der Waals surface area contributed by atoms with Gasteiger partial charge in [0, 0.05) is 44.0 Å². The molecule has 0 bridgehead atoms. The number of piperidine rings is 1. The lowest BCUT2D eigenvalue weighted by Crippen LogP contribution is -2.40. The molecule has 1 aromatic carbocycles. The van der Waals surface area contributed by atoms with Crippen LogP contribution in [-0.2, 0) is 17.8 Å². The van der Waals surface area contributed by atoms with Crippen LogP contribution in [0.4, 0.5) is 5.82 Å². The lowest BCUT2D eigenvalue weighted by molar-refractivity contribution is -0.131. The number of carbonyl (C=O) groups excluding carboxylic acids is 1. The summed E-state index contributed by atoms with van der Waals surface area (Å²) in [5, 5.41) is 7.95. The van der Waals surface area contributed by atoms with Crippen LogP contribution in [0.3, 0.4) is 0 Å². The summed E-state index contributed by atoms with van der Waals surface area (Å²) >= 11 is 3.58. The van der Waals surface area contributed by atoms with E-state index in [1.807, 2.05) is 58.1 Å². The Labute approximate surface area is 201 Å². The van der Waals surface area contributed by atoms with Gasteiger partial charge in [-0.15, -0.1) is 0 Å². The molecule has 1 saturated heterocycles. The van der Waals surface area contributed by atoms with Gasteiger partial charge in [0.2, 0.25) is 5.91 Å². The summed E-state index contributed by atoms with van der Waals surface area (Å²) in [7, 11) is 0. The van der Waals surface area contributed by atoms with Crippen molar-refractivity contribution in [3.05, 3.63) is 88.4 Å². The van der Waals surface area contributed by atoms with Crippen LogP contribution >= 0.6 is 15.9 Å². The molecular formula is C25H25BrN6O. The summed E-state index contributed by atoms with van der Waals surface area (Å²) in [6, 6.07) is 16.0. The van der Waals surface area contributed by atoms with Gasteiger partial charge in [0.25, 0.3) is 0 Å². The van der Waals surface area contributed by atoms with Crippen molar-refractivity contribution >= 4 is 33.3 Å². The molecule has 33 heavy (non-hydrogen) atoms. The van der Waals surface area contributed by atoms with Crippen molar-refractivity contribution in [3.8, 4) is 0 Å². The Morgan fingerprint density at radius 2 is 1.97 bits per heavy atom. The smallest absolute Gasteiger partial charge is 0.227 e. The van der Waals surface area contributed by atoms with E-state index in [-0.39, 0.29) is 11.8 Å². The van der Waals surface area contributed by atoms with E-state index in [2.05, 4.69) is 37.4 Å². The maximum Gasteiger partial charge on any atom is 0.227 e. The highest BCUT2D eigenvalue weighted by molar-refractivity contribution is 9.10. The quantitative estimate of drug-likeness (QED) is 0.419. The summed E-state index contributed by atoms with van der Waals surface area (Å²) < 4.78 is 2.66. The summed E-state index contributed by atoms with van der Waals surface area (Å²) in [6.45, 7) is 2.12. The number of benzene rings is 1. The Hall–Kier alpha value is -3.26. The fourth-order valence-electron chi connectivity index (χ4n) is 4.31. The number of nitrogens with one attached hydrogen (secondary N) is 1. The van der Waals surface area contributed by atoms with E-state index >= 15 is 0 Å². The number of nitrogens with zero attached hydrogens (tertiary/aromatic N) is 5. The van der Waals surface area contributed by atoms with Crippen molar-refractivity contribution in [2.75, 3.05) is 18.4 Å². The first-order valence-electron chi connectivity index (χ1n) is 11.2. The van der Waals surface area contributed by atoms with Crippen LogP contribution in [0.1, 0.15) is 35.6 Å². The zero-order valence-electron chi connectivity index (χ0n) is 18.2. The Bertz CT molecular complexity index is 1240. The molecule has 1 unspecified atom stereocenters. The van der Waals surface area contributed by atoms with Gasteiger partial charge in [-0.3, -0.25) is 9.78 Å². The van der Waals surface area contributed by atoms with Crippen molar-refractivity contribution in [1.82, 2.24) is 24.5 Å². The normalized spacial score (nSPS) is 16.2. The Morgan fingerprint density at radius 3 is 2.79 bits per heavy atom. The maximum atomic E-state index is 13.0. The van der Waals surface area contributed by atoms with E-state index in [1.54, 1.807) is 12.4 Å². The number of fused-ring (bicyclic) bond motifs is 1. The van der Waals surface area contributed by atoms with Gasteiger partial charge in [0.1, 0.15) is 5.82 Å². The number of rotatable bonds is 6. The van der Waals surface area contributed by atoms with Gasteiger partial charge in [0.05, 0.1) is 22.8 Å². The van der Waals surface area contributed by atoms with Crippen molar-refractivity contribution in [3.63, 3.8) is 0 Å². The van der Waals surface area contributed by atoms with E-state index in [9.17, 15) is 4.79 Å². The molecule has 1 aliphatic rings. The summed E-state index contributed by atoms with van der Waals surface area (Å²) in [5.74, 6) is 1.23. The molecule has 5 rings (SSSR count). The van der Waals surface area contributed by atoms with E-state index in [0.29, 0.717) is 19.5 Å². The molecule has 0 saturated carbocycles. The van der Waals surface area contributed by atoms with Crippen LogP contribution in [-0.4, -0.2) is 43.5 Å². The molecular weight excluding hydrogens is 480 g/mol. The number of carbonyl (C=O) groups is 1. The molecule has 1 aliphatic heterocycles. The summed E-state index contributed by atoms with van der Waals surface area (Å²) in [5.41, 5.74) is 3.89. The lowest BCUT2D eigenvalue weighted by atomic mass is 9.94. The molecule has 0 aliphatic carbocycles. The molecule has 1 N–H and O–H groups in total. The third-order valence-electron chi connectivity index (χ3n) is 6.04. The number of aromatic nitrogens is 4. The van der Waals surface area contributed by atoms with Crippen molar-refractivity contribution < 1.29 is 4.79 Å². The second kappa shape index (κ2) is 9.70. The standard InChI is InChI=1S/C25H25BrN6O/c26-21-16-29-32-23(28-15-19-8-4-10-27-14-19)13-22(30-25(21)32)20-9-5-11-31(17-20)24(33)12-18-6-2-1-3-7-18/h1-4,6-8,10,13-14,16,20,28H,5,9,11-12,15,17H2. The first kappa shape index (κ1) is 21.6. The van der Waals surface area contributed by atoms with Crippen LogP contribution < -0.4 is 5.32 Å². The average molecular weight is 505 g/mol. The number of halogens is 1. The van der Waals surface area contributed by atoms with E-state index in [4.69, 9.17) is 4.98 Å². The molecule has 3 aromatic heterocycles. The zero-order valence-corrected chi connectivity index (χ0v) is 19.8. The first-order chi connectivity index (χ1) is 16.2. The Kier molecular flexibility index (Phi) is 6.35. The number of hydrogen-bond donors (Lipinski definition) is 1. The third-order valence-corrected chi connectivity index (χ3v) is 6.59. The number of pyridine rings is 1. The molecule has 7 nitrogen and oxygen atoms in total. The minimum atomic E-state index is 0.174. The predicted octanol–water partition coefficient (Wildman–Crippen LogP) is 4.45. The fourth-order valence-corrected chi connectivity index (χ4v) is 4.66. The monoisotopic (exact) mass is 504 g/mol. The largest absolute Gasteiger partial charge is 0.366 e. The molecule has 4 aromatic rings. The highest BCUT2D eigenvalue weighted by atomic mass is 79.9. The molecule has 1 atom stereocenters. The number of anilines is 1. The highest BCUT2D eigenvalue weighted by Crippen LogP contribution is 2.30. The SMILES string of the molecule is O=C(Cc1ccccc1)N1CCCC(c2cc(NCc3cccnc3)n3ncc(Br)c3n2)C1. The van der Waals surface area contributed by atoms with Crippen LogP contribution in [0.25, 0.3) is 5.65 Å². The van der Waals surface area contributed by atoms with Crippen molar-refractivity contribution in [1.29, 1.82) is 0 Å². The topological polar surface area (TPSA) is 75.4 Å². The first-order valence-corrected chi connectivity index (χ1v) is 12.0. The summed E-state index contributed by atoms with van der Waals surface area (Å²) in [6.07, 6.45) is 7.79. The van der Waals surface area contributed by atoms with E-state index < -0.39 is 0 Å². The van der Waals surface area contributed by atoms with Gasteiger partial charge in [-0.1, -0.05) is 36.4 Å². The minimum absolute atomic E-state index is 0.174. The Balaban J connectivity index is 1.37. The zero-order chi connectivity index (χ0) is 22.6. The maximum absolute atomic E-state index is 13.0. The average Bonchev–Trinajstić information content (AvgIpc) is 3.24. The van der Waals surface area contributed by atoms with Gasteiger partial charge in [-0.25, -0.2) is 4.98 Å². The van der Waals surface area contributed by atoms with Gasteiger partial charge in [-0.05, 0) is 46.0 Å². The van der Waals surface area contributed by atoms with Crippen molar-refractivity contribution in [2.24, 2.45) is 0 Å². The molecule has 4 heterocycles. The van der Waals surface area contributed by atoms with E-state index in [1.165, 1.54) is 0 Å². The van der Waals surface area contributed by atoms with Crippen LogP contribution in [0, 0.1) is 0 Å². The molecule has 1 amide bonds. The summed E-state index contributed by atoms with van der Waals surface area (Å²) in [4.78, 5) is 24.1. The predicted molar refractivity (Wildman–Crippen MR) is 131 cm³/mol. The van der Waals surface area contributed by atoms with Gasteiger partial charge in [0.15, 0.2) is 5.65 Å². The molecule has 8 heteroatoms. The van der Waals surface area contributed by atoms with Crippen LogP contribution in [0.2, 0.25) is 0 Å². The molecule has 0 spiro atoms. The molecule has 168 valence electrons. The Morgan fingerprint density at radius 1 is 1.12 bits per heavy atom. The fraction of sp³-hybridized carbons (Fsp3) is 0.280. The van der Waals surface area contributed by atoms with E-state index in [0.717, 1.165) is 52.1 Å². The second-order valence-corrected chi connectivity index (χ2v) is 9.20. The molecule has 0 radical (unpaired) electrons. The number of amides is 1. The van der Waals surface area contributed by atoms with Gasteiger partial charge >= 0.3 is 0 Å². The van der Waals surface area contributed by atoms with Crippen molar-refractivity contribution in [2.45, 2.75) is 31.7 Å². The van der Waals surface area contributed by atoms with Gasteiger partial charge < -0.3 is 10.2 Å². The number of likely N-dealkylation sites (tertiary alicyclic amines) is 1. The third kappa shape index (κ3) is 4.90. The minimum Gasteiger partial charge on any atom is -0.366 e.